The van der Waals surface area contributed by atoms with Crippen LogP contribution in [0.25, 0.3) is 0 Å². The predicted octanol–water partition coefficient (Wildman–Crippen LogP) is 2.44. The van der Waals surface area contributed by atoms with Crippen LogP contribution in [-0.2, 0) is 17.6 Å². The molecule has 2 heteroatoms. The van der Waals surface area contributed by atoms with Crippen LogP contribution in [0.1, 0.15) is 37.3 Å². The fourth-order valence-corrected chi connectivity index (χ4v) is 3.36. The second-order valence-electron chi connectivity index (χ2n) is 5.83. The van der Waals surface area contributed by atoms with E-state index in [4.69, 9.17) is 10.5 Å². The molecule has 1 aliphatic carbocycles. The average molecular weight is 231 g/mol. The Morgan fingerprint density at radius 3 is 2.41 bits per heavy atom. The quantitative estimate of drug-likeness (QED) is 0.848. The normalized spacial score (nSPS) is 30.5. The second kappa shape index (κ2) is 4.11. The molecule has 17 heavy (non-hydrogen) atoms. The van der Waals surface area contributed by atoms with E-state index < -0.39 is 0 Å². The number of hydrogen-bond acceptors (Lipinski definition) is 2. The summed E-state index contributed by atoms with van der Waals surface area (Å²) < 4.78 is 5.91. The van der Waals surface area contributed by atoms with E-state index in [-0.39, 0.29) is 5.54 Å². The number of hydrogen-bond donors (Lipinski definition) is 1. The van der Waals surface area contributed by atoms with Gasteiger partial charge in [-0.25, -0.2) is 0 Å². The number of ether oxygens (including phenoxy) is 1. The third kappa shape index (κ3) is 2.24. The zero-order valence-electron chi connectivity index (χ0n) is 10.5. The highest BCUT2D eigenvalue weighted by Crippen LogP contribution is 2.34. The van der Waals surface area contributed by atoms with Crippen molar-refractivity contribution in [2.24, 2.45) is 5.73 Å². The Balaban J connectivity index is 1.69. The first-order valence-electron chi connectivity index (χ1n) is 6.66. The van der Waals surface area contributed by atoms with Gasteiger partial charge in [0.05, 0.1) is 12.2 Å². The molecular formula is C15H21NO. The highest BCUT2D eigenvalue weighted by Gasteiger charge is 2.37. The van der Waals surface area contributed by atoms with Gasteiger partial charge < -0.3 is 10.5 Å². The summed E-state index contributed by atoms with van der Waals surface area (Å²) in [5.41, 5.74) is 9.35. The molecule has 0 saturated carbocycles. The minimum Gasteiger partial charge on any atom is -0.375 e. The van der Waals surface area contributed by atoms with Crippen molar-refractivity contribution in [1.29, 1.82) is 0 Å². The molecule has 0 radical (unpaired) electrons. The summed E-state index contributed by atoms with van der Waals surface area (Å²) in [6.45, 7) is 2.16. The zero-order chi connectivity index (χ0) is 11.9. The van der Waals surface area contributed by atoms with Crippen molar-refractivity contribution >= 4 is 0 Å². The lowest BCUT2D eigenvalue weighted by molar-refractivity contribution is 0.0376. The monoisotopic (exact) mass is 231 g/mol. The van der Waals surface area contributed by atoms with Gasteiger partial charge in [0, 0.05) is 5.54 Å². The smallest absolute Gasteiger partial charge is 0.0597 e. The van der Waals surface area contributed by atoms with Gasteiger partial charge in [-0.1, -0.05) is 24.3 Å². The molecule has 1 aromatic carbocycles. The van der Waals surface area contributed by atoms with Gasteiger partial charge in [0.1, 0.15) is 0 Å². The zero-order valence-corrected chi connectivity index (χ0v) is 10.5. The van der Waals surface area contributed by atoms with Gasteiger partial charge in [-0.05, 0) is 50.2 Å². The van der Waals surface area contributed by atoms with Crippen molar-refractivity contribution in [3.05, 3.63) is 35.4 Å². The fraction of sp³-hybridized carbons (Fsp3) is 0.600. The standard InChI is InChI=1S/C15H21NO/c1-11-6-7-14(17-11)10-15(16)8-12-4-2-3-5-13(12)9-15/h2-5,11,14H,6-10,16H2,1H3. The maximum absolute atomic E-state index is 6.55. The van der Waals surface area contributed by atoms with Crippen LogP contribution in [0.2, 0.25) is 0 Å². The molecule has 2 nitrogen and oxygen atoms in total. The summed E-state index contributed by atoms with van der Waals surface area (Å²) in [7, 11) is 0. The van der Waals surface area contributed by atoms with Crippen molar-refractivity contribution in [3.8, 4) is 0 Å². The van der Waals surface area contributed by atoms with E-state index in [9.17, 15) is 0 Å². The Morgan fingerprint density at radius 2 is 1.88 bits per heavy atom. The van der Waals surface area contributed by atoms with Crippen molar-refractivity contribution in [3.63, 3.8) is 0 Å². The third-order valence-corrected chi connectivity index (χ3v) is 4.16. The van der Waals surface area contributed by atoms with Crippen LogP contribution in [-0.4, -0.2) is 17.7 Å². The van der Waals surface area contributed by atoms with Crippen LogP contribution in [0.5, 0.6) is 0 Å². The largest absolute Gasteiger partial charge is 0.375 e. The molecule has 2 atom stereocenters. The van der Waals surface area contributed by atoms with Crippen LogP contribution in [0.3, 0.4) is 0 Å². The Bertz CT molecular complexity index is 390. The molecule has 1 heterocycles. The lowest BCUT2D eigenvalue weighted by atomic mass is 9.89. The second-order valence-corrected chi connectivity index (χ2v) is 5.83. The molecule has 1 aromatic rings. The van der Waals surface area contributed by atoms with E-state index in [1.54, 1.807) is 0 Å². The number of nitrogens with two attached hydrogens (primary N) is 1. The summed E-state index contributed by atoms with van der Waals surface area (Å²) in [5.74, 6) is 0. The maximum Gasteiger partial charge on any atom is 0.0597 e. The van der Waals surface area contributed by atoms with Crippen molar-refractivity contribution in [2.75, 3.05) is 0 Å². The van der Waals surface area contributed by atoms with E-state index >= 15 is 0 Å². The molecule has 0 spiro atoms. The van der Waals surface area contributed by atoms with Gasteiger partial charge in [-0.3, -0.25) is 0 Å². The van der Waals surface area contributed by atoms with E-state index in [0.717, 1.165) is 19.3 Å². The van der Waals surface area contributed by atoms with Crippen molar-refractivity contribution in [2.45, 2.75) is 56.8 Å². The molecule has 1 aliphatic heterocycles. The average Bonchev–Trinajstić information content (AvgIpc) is 2.81. The predicted molar refractivity (Wildman–Crippen MR) is 69.0 cm³/mol. The lowest BCUT2D eigenvalue weighted by Crippen LogP contribution is -2.43. The topological polar surface area (TPSA) is 35.2 Å². The SMILES string of the molecule is CC1CCC(CC2(N)Cc3ccccc3C2)O1. The Morgan fingerprint density at radius 1 is 1.24 bits per heavy atom. The first kappa shape index (κ1) is 11.2. The molecule has 2 aliphatic rings. The molecule has 3 rings (SSSR count). The van der Waals surface area contributed by atoms with Crippen molar-refractivity contribution in [1.82, 2.24) is 0 Å². The van der Waals surface area contributed by atoms with Gasteiger partial charge in [-0.2, -0.15) is 0 Å². The number of fused-ring (bicyclic) bond motifs is 1. The summed E-state index contributed by atoms with van der Waals surface area (Å²) in [5, 5.41) is 0. The van der Waals surface area contributed by atoms with Gasteiger partial charge in [0.15, 0.2) is 0 Å². The Kier molecular flexibility index (Phi) is 2.72. The molecule has 2 unspecified atom stereocenters. The van der Waals surface area contributed by atoms with Gasteiger partial charge >= 0.3 is 0 Å². The minimum absolute atomic E-state index is 0.0710. The third-order valence-electron chi connectivity index (χ3n) is 4.16. The van der Waals surface area contributed by atoms with Crippen LogP contribution in [0, 0.1) is 0 Å². The molecule has 0 bridgehead atoms. The van der Waals surface area contributed by atoms with E-state index in [1.165, 1.54) is 24.0 Å². The van der Waals surface area contributed by atoms with E-state index in [2.05, 4.69) is 31.2 Å². The maximum atomic E-state index is 6.55. The highest BCUT2D eigenvalue weighted by molar-refractivity contribution is 5.36. The van der Waals surface area contributed by atoms with Crippen LogP contribution in [0.4, 0.5) is 0 Å². The number of benzene rings is 1. The van der Waals surface area contributed by atoms with Gasteiger partial charge in [-0.15, -0.1) is 0 Å². The number of rotatable bonds is 2. The molecule has 92 valence electrons. The molecule has 2 N–H and O–H groups in total. The Hall–Kier alpha value is -0.860. The van der Waals surface area contributed by atoms with E-state index in [1.807, 2.05) is 0 Å². The van der Waals surface area contributed by atoms with E-state index in [0.29, 0.717) is 12.2 Å². The van der Waals surface area contributed by atoms with Gasteiger partial charge in [0.25, 0.3) is 0 Å². The van der Waals surface area contributed by atoms with Crippen LogP contribution < -0.4 is 5.73 Å². The van der Waals surface area contributed by atoms with Crippen molar-refractivity contribution < 1.29 is 4.74 Å². The molecule has 0 aromatic heterocycles. The summed E-state index contributed by atoms with van der Waals surface area (Å²) >= 11 is 0. The minimum atomic E-state index is -0.0710. The highest BCUT2D eigenvalue weighted by atomic mass is 16.5. The van der Waals surface area contributed by atoms with Crippen LogP contribution >= 0.6 is 0 Å². The first-order chi connectivity index (χ1) is 8.15. The fourth-order valence-electron chi connectivity index (χ4n) is 3.36. The summed E-state index contributed by atoms with van der Waals surface area (Å²) in [6, 6.07) is 8.64. The summed E-state index contributed by atoms with van der Waals surface area (Å²) in [6.07, 6.45) is 6.20. The molecule has 1 saturated heterocycles. The molecule has 1 fully saturated rings. The summed E-state index contributed by atoms with van der Waals surface area (Å²) in [4.78, 5) is 0. The Labute approximate surface area is 103 Å². The van der Waals surface area contributed by atoms with Crippen LogP contribution in [0.15, 0.2) is 24.3 Å². The lowest BCUT2D eigenvalue weighted by Gasteiger charge is -2.27. The molecular weight excluding hydrogens is 210 g/mol. The van der Waals surface area contributed by atoms with Gasteiger partial charge in [0.2, 0.25) is 0 Å². The first-order valence-corrected chi connectivity index (χ1v) is 6.66. The molecule has 0 amide bonds.